The highest BCUT2D eigenvalue weighted by Gasteiger charge is 2.18. The van der Waals surface area contributed by atoms with E-state index < -0.39 is 10.0 Å². The second kappa shape index (κ2) is 10.8. The molecule has 0 fully saturated rings. The van der Waals surface area contributed by atoms with Crippen molar-refractivity contribution >= 4 is 50.9 Å². The van der Waals surface area contributed by atoms with Gasteiger partial charge in [0.2, 0.25) is 11.8 Å². The Balaban J connectivity index is 1.56. The van der Waals surface area contributed by atoms with Crippen molar-refractivity contribution in [3.63, 3.8) is 0 Å². The van der Waals surface area contributed by atoms with E-state index in [0.29, 0.717) is 27.7 Å². The number of carbonyl (C=O) groups excluding carboxylic acids is 2. The molecule has 0 aliphatic carbocycles. The lowest BCUT2D eigenvalue weighted by Crippen LogP contribution is -2.26. The molecule has 10 heteroatoms. The molecule has 3 N–H and O–H groups in total. The number of rotatable bonds is 9. The Morgan fingerprint density at radius 3 is 2.48 bits per heavy atom. The molecule has 0 aliphatic heterocycles. The molecule has 0 radical (unpaired) electrons. The van der Waals surface area contributed by atoms with Crippen LogP contribution in [0.1, 0.15) is 17.7 Å². The molecule has 0 aliphatic rings. The number of hydrogen-bond acceptors (Lipinski definition) is 5. The van der Waals surface area contributed by atoms with Crippen LogP contribution in [0, 0.1) is 6.92 Å². The number of aryl methyl sites for hydroxylation is 1. The van der Waals surface area contributed by atoms with Crippen molar-refractivity contribution < 1.29 is 22.4 Å². The summed E-state index contributed by atoms with van der Waals surface area (Å²) in [7, 11) is -3.89. The summed E-state index contributed by atoms with van der Waals surface area (Å²) >= 11 is 5.84. The van der Waals surface area contributed by atoms with E-state index in [-0.39, 0.29) is 29.7 Å². The van der Waals surface area contributed by atoms with Gasteiger partial charge in [0.15, 0.2) is 0 Å². The van der Waals surface area contributed by atoms with Crippen molar-refractivity contribution in [2.24, 2.45) is 0 Å². The van der Waals surface area contributed by atoms with Crippen LogP contribution < -0.4 is 15.4 Å². The third-order valence-electron chi connectivity index (χ3n) is 4.45. The first kappa shape index (κ1) is 24.1. The maximum absolute atomic E-state index is 12.8. The summed E-state index contributed by atoms with van der Waals surface area (Å²) < 4.78 is 33.2. The molecule has 2 aromatic carbocycles. The quantitative estimate of drug-likeness (QED) is 0.391. The average molecular weight is 488 g/mol. The first-order valence-electron chi connectivity index (χ1n) is 9.91. The highest BCUT2D eigenvalue weighted by molar-refractivity contribution is 7.92. The molecule has 0 spiro atoms. The fourth-order valence-electron chi connectivity index (χ4n) is 2.82. The second-order valence-electron chi connectivity index (χ2n) is 7.03. The van der Waals surface area contributed by atoms with Crippen LogP contribution >= 0.6 is 11.6 Å². The molecule has 3 aromatic rings. The number of amides is 2. The zero-order chi connectivity index (χ0) is 23.8. The highest BCUT2D eigenvalue weighted by atomic mass is 35.5. The fraction of sp³-hybridized carbons (Fsp3) is 0.130. The lowest BCUT2D eigenvalue weighted by molar-refractivity contribution is -0.117. The lowest BCUT2D eigenvalue weighted by atomic mass is 10.2. The van der Waals surface area contributed by atoms with Crippen LogP contribution in [0.15, 0.2) is 76.2 Å². The van der Waals surface area contributed by atoms with Gasteiger partial charge in [-0.25, -0.2) is 8.42 Å². The van der Waals surface area contributed by atoms with Crippen LogP contribution in [-0.4, -0.2) is 26.8 Å². The zero-order valence-corrected chi connectivity index (χ0v) is 19.2. The van der Waals surface area contributed by atoms with Gasteiger partial charge in [-0.2, -0.15) is 0 Å². The maximum Gasteiger partial charge on any atom is 0.262 e. The maximum atomic E-state index is 12.8. The number of benzene rings is 2. The summed E-state index contributed by atoms with van der Waals surface area (Å²) in [6, 6.07) is 14.3. The van der Waals surface area contributed by atoms with Gasteiger partial charge >= 0.3 is 0 Å². The number of sulfonamides is 1. The molecule has 1 aromatic heterocycles. The Hall–Kier alpha value is -3.56. The zero-order valence-electron chi connectivity index (χ0n) is 17.7. The number of furan rings is 1. The largest absolute Gasteiger partial charge is 0.465 e. The normalized spacial score (nSPS) is 11.3. The van der Waals surface area contributed by atoms with Gasteiger partial charge in [-0.05, 0) is 67.1 Å². The minimum atomic E-state index is -3.89. The summed E-state index contributed by atoms with van der Waals surface area (Å²) in [6.45, 7) is 1.77. The summed E-state index contributed by atoms with van der Waals surface area (Å²) in [4.78, 5) is 24.1. The first-order valence-corrected chi connectivity index (χ1v) is 11.8. The number of carbonyl (C=O) groups is 2. The van der Waals surface area contributed by atoms with E-state index in [1.165, 1.54) is 24.5 Å². The molecule has 33 heavy (non-hydrogen) atoms. The van der Waals surface area contributed by atoms with Crippen LogP contribution in [0.5, 0.6) is 0 Å². The van der Waals surface area contributed by atoms with Gasteiger partial charge in [-0.15, -0.1) is 0 Å². The Bertz CT molecular complexity index is 1250. The van der Waals surface area contributed by atoms with E-state index in [1.807, 2.05) is 0 Å². The third kappa shape index (κ3) is 7.23. The molecule has 2 amide bonds. The fourth-order valence-corrected chi connectivity index (χ4v) is 4.28. The molecule has 0 atom stereocenters. The number of halogens is 1. The van der Waals surface area contributed by atoms with Gasteiger partial charge in [-0.3, -0.25) is 14.3 Å². The number of nitrogens with one attached hydrogen (secondary N) is 3. The van der Waals surface area contributed by atoms with Crippen LogP contribution in [0.4, 0.5) is 11.4 Å². The van der Waals surface area contributed by atoms with E-state index in [0.717, 1.165) is 0 Å². The summed E-state index contributed by atoms with van der Waals surface area (Å²) in [5.74, 6) is -0.196. The molecule has 8 nitrogen and oxygen atoms in total. The average Bonchev–Trinajstić information content (AvgIpc) is 3.29. The van der Waals surface area contributed by atoms with Crippen LogP contribution in [-0.2, 0) is 19.6 Å². The van der Waals surface area contributed by atoms with Crippen LogP contribution in [0.2, 0.25) is 5.02 Å². The Labute approximate surface area is 196 Å². The summed E-state index contributed by atoms with van der Waals surface area (Å²) in [5, 5.41) is 5.73. The van der Waals surface area contributed by atoms with E-state index in [2.05, 4.69) is 15.4 Å². The van der Waals surface area contributed by atoms with Crippen molar-refractivity contribution in [3.8, 4) is 0 Å². The molecule has 0 saturated carbocycles. The first-order chi connectivity index (χ1) is 15.7. The smallest absolute Gasteiger partial charge is 0.262 e. The summed E-state index contributed by atoms with van der Waals surface area (Å²) in [6.07, 6.45) is 4.33. The van der Waals surface area contributed by atoms with Crippen molar-refractivity contribution in [2.75, 3.05) is 16.6 Å². The molecule has 3 rings (SSSR count). The van der Waals surface area contributed by atoms with Crippen molar-refractivity contribution in [1.82, 2.24) is 5.32 Å². The van der Waals surface area contributed by atoms with E-state index in [9.17, 15) is 18.0 Å². The van der Waals surface area contributed by atoms with Gasteiger partial charge in [-0.1, -0.05) is 17.7 Å². The van der Waals surface area contributed by atoms with Gasteiger partial charge in [0.25, 0.3) is 10.0 Å². The predicted octanol–water partition coefficient (Wildman–Crippen LogP) is 4.20. The Kier molecular flexibility index (Phi) is 7.92. The number of hydrogen-bond donors (Lipinski definition) is 3. The molecule has 0 bridgehead atoms. The van der Waals surface area contributed by atoms with Gasteiger partial charge in [0.05, 0.1) is 11.2 Å². The van der Waals surface area contributed by atoms with Crippen LogP contribution in [0.3, 0.4) is 0 Å². The van der Waals surface area contributed by atoms with E-state index in [4.69, 9.17) is 16.0 Å². The van der Waals surface area contributed by atoms with E-state index >= 15 is 0 Å². The van der Waals surface area contributed by atoms with E-state index in [1.54, 1.807) is 55.5 Å². The summed E-state index contributed by atoms with van der Waals surface area (Å²) in [5.41, 5.74) is 1.21. The minimum absolute atomic E-state index is 0.0132. The SMILES string of the molecule is Cc1ccc(NC(=O)CCNC(=O)/C=C/c2ccco2)cc1S(=O)(=O)Nc1ccc(Cl)cc1. The van der Waals surface area contributed by atoms with Crippen LogP contribution in [0.25, 0.3) is 6.08 Å². The van der Waals surface area contributed by atoms with Gasteiger partial charge < -0.3 is 15.1 Å². The third-order valence-corrected chi connectivity index (χ3v) is 6.23. The Morgan fingerprint density at radius 1 is 1.06 bits per heavy atom. The standard InChI is InChI=1S/C23H22ClN3O5S/c1-16-4-7-19(15-21(16)33(30,31)27-18-8-5-17(24)6-9-18)26-23(29)12-13-25-22(28)11-10-20-3-2-14-32-20/h2-11,14-15,27H,12-13H2,1H3,(H,25,28)(H,26,29)/b11-10+. The molecule has 0 unspecified atom stereocenters. The van der Waals surface area contributed by atoms with Gasteiger partial charge in [0.1, 0.15) is 5.76 Å². The minimum Gasteiger partial charge on any atom is -0.465 e. The lowest BCUT2D eigenvalue weighted by Gasteiger charge is -2.13. The Morgan fingerprint density at radius 2 is 1.79 bits per heavy atom. The highest BCUT2D eigenvalue weighted by Crippen LogP contribution is 2.24. The molecular weight excluding hydrogens is 466 g/mol. The van der Waals surface area contributed by atoms with Crippen molar-refractivity contribution in [1.29, 1.82) is 0 Å². The molecule has 0 saturated heterocycles. The predicted molar refractivity (Wildman–Crippen MR) is 127 cm³/mol. The van der Waals surface area contributed by atoms with Crippen molar-refractivity contribution in [3.05, 3.63) is 83.3 Å². The molecule has 1 heterocycles. The second-order valence-corrected chi connectivity index (χ2v) is 9.12. The topological polar surface area (TPSA) is 118 Å². The molecular formula is C23H22ClN3O5S. The van der Waals surface area contributed by atoms with Gasteiger partial charge in [0, 0.05) is 35.4 Å². The number of anilines is 2. The van der Waals surface area contributed by atoms with Crippen molar-refractivity contribution in [2.45, 2.75) is 18.2 Å². The molecule has 172 valence electrons. The monoisotopic (exact) mass is 487 g/mol.